The molecule has 278 valence electrons. The Morgan fingerprint density at radius 3 is 2.06 bits per heavy atom. The van der Waals surface area contributed by atoms with Gasteiger partial charge in [0.1, 0.15) is 23.4 Å². The second-order valence-electron chi connectivity index (χ2n) is 13.1. The topological polar surface area (TPSA) is 117 Å². The van der Waals surface area contributed by atoms with Gasteiger partial charge in [0, 0.05) is 49.4 Å². The third-order valence-electron chi connectivity index (χ3n) is 9.68. The number of likely N-dealkylation sites (N-methyl/N-ethyl adjacent to an activating group) is 1. The second kappa shape index (κ2) is 17.3. The fraction of sp³-hybridized carbons (Fsp3) is 0.262. The Kier molecular flexibility index (Phi) is 12.1. The van der Waals surface area contributed by atoms with Crippen LogP contribution in [0.5, 0.6) is 11.5 Å². The van der Waals surface area contributed by atoms with Gasteiger partial charge in [0.15, 0.2) is 0 Å². The predicted octanol–water partition coefficient (Wildman–Crippen LogP) is 7.25. The van der Waals surface area contributed by atoms with Gasteiger partial charge >= 0.3 is 6.03 Å². The number of halogens is 1. The fourth-order valence-corrected chi connectivity index (χ4v) is 6.85. The van der Waals surface area contributed by atoms with E-state index in [0.717, 1.165) is 38.7 Å². The number of likely N-dealkylation sites (tertiary alicyclic amines) is 1. The lowest BCUT2D eigenvalue weighted by molar-refractivity contribution is -0.156. The number of amides is 4. The van der Waals surface area contributed by atoms with E-state index >= 15 is 0 Å². The zero-order valence-electron chi connectivity index (χ0n) is 30.7. The van der Waals surface area contributed by atoms with Crippen LogP contribution >= 0.6 is 11.6 Å². The standard InChI is InChI=1S/C42H43ClN6O5/c1-5-37(31-7-6-8-32(43)25-31)46-42(52)49-39(41(51)47(2)33-18-20-44-21-19-33)36(40(49)50)23-30-17-22-45-38(24-30)48(26-28-9-13-34(53-3)14-10-28)27-29-11-15-35(54-4)16-12-29/h6-22,24-25,36-37,39H,5,23,26-27H2,1-4H3,(H,46,52)/t36-,37-,39+/m1/s1. The maximum atomic E-state index is 14.2. The molecule has 3 atom stereocenters. The van der Waals surface area contributed by atoms with Gasteiger partial charge in [-0.25, -0.2) is 9.78 Å². The number of carbonyl (C=O) groups excluding carboxylic acids is 3. The number of imide groups is 1. The van der Waals surface area contributed by atoms with Crippen LogP contribution in [-0.2, 0) is 29.1 Å². The van der Waals surface area contributed by atoms with Crippen molar-refractivity contribution in [2.75, 3.05) is 31.1 Å². The Bertz CT molecular complexity index is 2020. The Labute approximate surface area is 320 Å². The SMILES string of the molecule is CC[C@@H](NC(=O)N1C(=O)[C@H](Cc2ccnc(N(Cc3ccc(OC)cc3)Cc3ccc(OC)cc3)c2)[C@H]1C(=O)N(C)c1ccncc1)c1cccc(Cl)c1. The maximum absolute atomic E-state index is 14.2. The lowest BCUT2D eigenvalue weighted by Crippen LogP contribution is -2.70. The molecule has 0 aliphatic carbocycles. The Morgan fingerprint density at radius 2 is 1.48 bits per heavy atom. The minimum Gasteiger partial charge on any atom is -0.497 e. The molecule has 3 heterocycles. The van der Waals surface area contributed by atoms with Gasteiger partial charge in [0.25, 0.3) is 5.91 Å². The molecule has 1 fully saturated rings. The Morgan fingerprint density at radius 1 is 0.852 bits per heavy atom. The molecule has 12 heteroatoms. The van der Waals surface area contributed by atoms with Gasteiger partial charge in [0.2, 0.25) is 5.91 Å². The Balaban J connectivity index is 1.27. The molecule has 0 spiro atoms. The molecule has 1 aliphatic rings. The summed E-state index contributed by atoms with van der Waals surface area (Å²) in [5.41, 5.74) is 4.32. The minimum atomic E-state index is -1.04. The summed E-state index contributed by atoms with van der Waals surface area (Å²) in [4.78, 5) is 55.5. The molecule has 0 unspecified atom stereocenters. The van der Waals surface area contributed by atoms with Crippen molar-refractivity contribution in [3.8, 4) is 11.5 Å². The first-order valence-electron chi connectivity index (χ1n) is 17.7. The predicted molar refractivity (Wildman–Crippen MR) is 209 cm³/mol. The second-order valence-corrected chi connectivity index (χ2v) is 13.5. The zero-order valence-corrected chi connectivity index (χ0v) is 31.4. The van der Waals surface area contributed by atoms with Gasteiger partial charge in [-0.15, -0.1) is 0 Å². The molecule has 0 bridgehead atoms. The summed E-state index contributed by atoms with van der Waals surface area (Å²) < 4.78 is 10.7. The van der Waals surface area contributed by atoms with E-state index in [9.17, 15) is 14.4 Å². The number of urea groups is 1. The number of methoxy groups -OCH3 is 2. The number of anilines is 2. The molecule has 1 saturated heterocycles. The summed E-state index contributed by atoms with van der Waals surface area (Å²) >= 11 is 6.25. The number of nitrogens with one attached hydrogen (secondary N) is 1. The van der Waals surface area contributed by atoms with Crippen molar-refractivity contribution < 1.29 is 23.9 Å². The lowest BCUT2D eigenvalue weighted by Gasteiger charge is -2.46. The molecule has 4 amide bonds. The van der Waals surface area contributed by atoms with Crippen LogP contribution in [0.1, 0.15) is 41.6 Å². The first-order valence-corrected chi connectivity index (χ1v) is 18.1. The molecule has 11 nitrogen and oxygen atoms in total. The van der Waals surface area contributed by atoms with E-state index < -0.39 is 29.9 Å². The number of carbonyl (C=O) groups is 3. The van der Waals surface area contributed by atoms with Gasteiger partial charge in [0.05, 0.1) is 26.2 Å². The van der Waals surface area contributed by atoms with E-state index in [1.807, 2.05) is 79.7 Å². The summed E-state index contributed by atoms with van der Waals surface area (Å²) in [7, 11) is 4.91. The number of β-lactam (4-membered cyclic amide) rings is 1. The van der Waals surface area contributed by atoms with Crippen LogP contribution in [0.2, 0.25) is 5.02 Å². The number of hydrogen-bond acceptors (Lipinski definition) is 8. The number of pyridine rings is 2. The van der Waals surface area contributed by atoms with Crippen LogP contribution in [0.15, 0.2) is 116 Å². The van der Waals surface area contributed by atoms with Crippen molar-refractivity contribution in [1.29, 1.82) is 0 Å². The van der Waals surface area contributed by atoms with Crippen molar-refractivity contribution in [3.05, 3.63) is 143 Å². The van der Waals surface area contributed by atoms with Crippen LogP contribution < -0.4 is 24.6 Å². The number of rotatable bonds is 14. The van der Waals surface area contributed by atoms with Crippen LogP contribution in [-0.4, -0.2) is 60.0 Å². The number of benzene rings is 3. The molecule has 54 heavy (non-hydrogen) atoms. The van der Waals surface area contributed by atoms with Crippen molar-refractivity contribution in [2.45, 2.75) is 44.9 Å². The molecule has 3 aromatic carbocycles. The van der Waals surface area contributed by atoms with E-state index in [1.54, 1.807) is 64.1 Å². The van der Waals surface area contributed by atoms with Crippen LogP contribution in [0.25, 0.3) is 0 Å². The third kappa shape index (κ3) is 8.64. The smallest absolute Gasteiger partial charge is 0.325 e. The van der Waals surface area contributed by atoms with E-state index in [4.69, 9.17) is 26.1 Å². The van der Waals surface area contributed by atoms with E-state index in [1.165, 1.54) is 4.90 Å². The van der Waals surface area contributed by atoms with Crippen LogP contribution in [0.4, 0.5) is 16.3 Å². The van der Waals surface area contributed by atoms with Crippen LogP contribution in [0.3, 0.4) is 0 Å². The highest BCUT2D eigenvalue weighted by Gasteiger charge is 2.55. The number of hydrogen-bond donors (Lipinski definition) is 1. The third-order valence-corrected chi connectivity index (χ3v) is 9.91. The van der Waals surface area contributed by atoms with Gasteiger partial charge in [-0.3, -0.25) is 19.5 Å². The van der Waals surface area contributed by atoms with E-state index in [2.05, 4.69) is 15.2 Å². The molecule has 6 rings (SSSR count). The summed E-state index contributed by atoms with van der Waals surface area (Å²) in [5.74, 6) is 0.632. The summed E-state index contributed by atoms with van der Waals surface area (Å²) in [6.45, 7) is 3.03. The van der Waals surface area contributed by atoms with Crippen molar-refractivity contribution >= 4 is 41.0 Å². The molecule has 1 aliphatic heterocycles. The quantitative estimate of drug-likeness (QED) is 0.118. The molecular formula is C42H43ClN6O5. The van der Waals surface area contributed by atoms with E-state index in [0.29, 0.717) is 36.0 Å². The highest BCUT2D eigenvalue weighted by Crippen LogP contribution is 2.34. The molecule has 1 N–H and O–H groups in total. The number of ether oxygens (including phenoxy) is 2. The molecule has 0 saturated carbocycles. The average molecular weight is 747 g/mol. The summed E-state index contributed by atoms with van der Waals surface area (Å²) in [6, 6.07) is 28.1. The molecule has 0 radical (unpaired) electrons. The van der Waals surface area contributed by atoms with Crippen LogP contribution in [0, 0.1) is 5.92 Å². The van der Waals surface area contributed by atoms with Gasteiger partial charge in [-0.2, -0.15) is 0 Å². The molecule has 2 aromatic heterocycles. The van der Waals surface area contributed by atoms with Gasteiger partial charge in [-0.05, 0) is 95.8 Å². The van der Waals surface area contributed by atoms with E-state index in [-0.39, 0.29) is 12.3 Å². The molecular weight excluding hydrogens is 704 g/mol. The molecule has 5 aromatic rings. The first kappa shape index (κ1) is 37.8. The van der Waals surface area contributed by atoms with Gasteiger partial charge < -0.3 is 24.6 Å². The number of nitrogens with zero attached hydrogens (tertiary/aromatic N) is 5. The number of aromatic nitrogens is 2. The monoisotopic (exact) mass is 746 g/mol. The van der Waals surface area contributed by atoms with Crippen molar-refractivity contribution in [2.24, 2.45) is 5.92 Å². The lowest BCUT2D eigenvalue weighted by atomic mass is 9.81. The maximum Gasteiger partial charge on any atom is 0.325 e. The highest BCUT2D eigenvalue weighted by atomic mass is 35.5. The summed E-state index contributed by atoms with van der Waals surface area (Å²) in [5, 5.41) is 3.51. The average Bonchev–Trinajstić information content (AvgIpc) is 3.21. The highest BCUT2D eigenvalue weighted by molar-refractivity contribution is 6.30. The summed E-state index contributed by atoms with van der Waals surface area (Å²) in [6.07, 6.45) is 5.67. The Hall–Kier alpha value is -5.94. The normalized spacial score (nSPS) is 15.5. The van der Waals surface area contributed by atoms with Crippen molar-refractivity contribution in [3.63, 3.8) is 0 Å². The van der Waals surface area contributed by atoms with Gasteiger partial charge in [-0.1, -0.05) is 54.9 Å². The zero-order chi connectivity index (χ0) is 38.2. The minimum absolute atomic E-state index is 0.225. The fourth-order valence-electron chi connectivity index (χ4n) is 6.65. The first-order chi connectivity index (χ1) is 26.2. The largest absolute Gasteiger partial charge is 0.497 e. The van der Waals surface area contributed by atoms with Crippen molar-refractivity contribution in [1.82, 2.24) is 20.2 Å².